The zero-order chi connectivity index (χ0) is 11.0. The first-order valence-electron chi connectivity index (χ1n) is 5.47. The maximum Gasteiger partial charge on any atom is 0.0898 e. The summed E-state index contributed by atoms with van der Waals surface area (Å²) in [5, 5.41) is 0. The molecule has 0 aromatic heterocycles. The summed E-state index contributed by atoms with van der Waals surface area (Å²) in [7, 11) is 0. The Morgan fingerprint density at radius 1 is 1.07 bits per heavy atom. The van der Waals surface area contributed by atoms with Gasteiger partial charge in [-0.05, 0) is 33.9 Å². The second-order valence-electron chi connectivity index (χ2n) is 3.79. The lowest BCUT2D eigenvalue weighted by Crippen LogP contribution is -2.29. The molecule has 3 heteroatoms. The first-order valence-corrected chi connectivity index (χ1v) is 5.47. The molecule has 0 saturated carbocycles. The number of hydrogen-bond acceptors (Lipinski definition) is 3. The molecule has 0 aromatic carbocycles. The third kappa shape index (κ3) is 6.81. The van der Waals surface area contributed by atoms with Crippen molar-refractivity contribution >= 4 is 6.01 Å². The van der Waals surface area contributed by atoms with Gasteiger partial charge in [0.15, 0.2) is 0 Å². The van der Waals surface area contributed by atoms with Gasteiger partial charge in [-0.2, -0.15) is 0 Å². The summed E-state index contributed by atoms with van der Waals surface area (Å²) in [6.45, 7) is 13.6. The van der Waals surface area contributed by atoms with Gasteiger partial charge in [-0.3, -0.25) is 0 Å². The largest absolute Gasteiger partial charge is 0.302 e. The van der Waals surface area contributed by atoms with E-state index >= 15 is 0 Å². The van der Waals surface area contributed by atoms with Crippen molar-refractivity contribution in [1.29, 1.82) is 0 Å². The summed E-state index contributed by atoms with van der Waals surface area (Å²) >= 11 is 0. The molecule has 0 N–H and O–H groups in total. The lowest BCUT2D eigenvalue weighted by Gasteiger charge is -2.19. The highest BCUT2D eigenvalue weighted by Gasteiger charge is 2.03. The van der Waals surface area contributed by atoms with E-state index in [2.05, 4.69) is 41.7 Å². The topological polar surface area (TPSA) is 28.0 Å². The zero-order valence-electron chi connectivity index (χ0n) is 10.1. The third-order valence-corrected chi connectivity index (χ3v) is 2.01. The second-order valence-corrected chi connectivity index (χ2v) is 3.79. The summed E-state index contributed by atoms with van der Waals surface area (Å²) < 4.78 is 0. The highest BCUT2D eigenvalue weighted by Crippen LogP contribution is 1.94. The summed E-state index contributed by atoms with van der Waals surface area (Å²) in [6.07, 6.45) is 0. The first kappa shape index (κ1) is 13.3. The number of aliphatic imine (C=N–C) groups is 2. The van der Waals surface area contributed by atoms with E-state index in [-0.39, 0.29) is 6.04 Å². The third-order valence-electron chi connectivity index (χ3n) is 2.01. The fourth-order valence-electron chi connectivity index (χ4n) is 1.14. The van der Waals surface area contributed by atoms with Crippen molar-refractivity contribution in [2.24, 2.45) is 9.98 Å². The normalized spacial score (nSPS) is 12.8. The molecule has 0 saturated heterocycles. The van der Waals surface area contributed by atoms with E-state index in [1.165, 1.54) is 0 Å². The molecule has 0 spiro atoms. The first-order chi connectivity index (χ1) is 6.60. The molecule has 0 heterocycles. The van der Waals surface area contributed by atoms with Gasteiger partial charge in [0.25, 0.3) is 0 Å². The van der Waals surface area contributed by atoms with Crippen LogP contribution in [0.3, 0.4) is 0 Å². The molecule has 1 atom stereocenters. The van der Waals surface area contributed by atoms with Crippen LogP contribution in [0.4, 0.5) is 0 Å². The minimum Gasteiger partial charge on any atom is -0.302 e. The van der Waals surface area contributed by atoms with E-state index in [4.69, 9.17) is 0 Å². The van der Waals surface area contributed by atoms with Gasteiger partial charge >= 0.3 is 0 Å². The molecular formula is C11H23N3. The van der Waals surface area contributed by atoms with Crippen LogP contribution in [0.25, 0.3) is 0 Å². The van der Waals surface area contributed by atoms with Crippen LogP contribution < -0.4 is 0 Å². The van der Waals surface area contributed by atoms with Crippen molar-refractivity contribution in [2.45, 2.75) is 46.7 Å². The minimum atomic E-state index is 0.289. The monoisotopic (exact) mass is 197 g/mol. The predicted molar refractivity (Wildman–Crippen MR) is 62.2 cm³/mol. The van der Waals surface area contributed by atoms with Crippen LogP contribution >= 0.6 is 0 Å². The average Bonchev–Trinajstić information content (AvgIpc) is 2.13. The Balaban J connectivity index is 3.96. The Hall–Kier alpha value is -0.660. The Morgan fingerprint density at radius 2 is 1.64 bits per heavy atom. The van der Waals surface area contributed by atoms with Crippen molar-refractivity contribution in [3.05, 3.63) is 0 Å². The fourth-order valence-corrected chi connectivity index (χ4v) is 1.14. The molecule has 1 unspecified atom stereocenters. The van der Waals surface area contributed by atoms with Crippen LogP contribution in [0.1, 0.15) is 34.6 Å². The molecule has 0 aliphatic carbocycles. The summed E-state index contributed by atoms with van der Waals surface area (Å²) in [5.41, 5.74) is 0. The van der Waals surface area contributed by atoms with Gasteiger partial charge in [-0.25, -0.2) is 9.98 Å². The average molecular weight is 197 g/mol. The molecule has 0 aliphatic rings. The Labute approximate surface area is 87.9 Å². The van der Waals surface area contributed by atoms with Gasteiger partial charge in [-0.1, -0.05) is 13.8 Å². The second kappa shape index (κ2) is 7.72. The van der Waals surface area contributed by atoms with E-state index in [9.17, 15) is 0 Å². The SMILES string of the molecule is CCN(CC)CC(C)N=C=NC(C)C. The Morgan fingerprint density at radius 3 is 2.07 bits per heavy atom. The number of nitrogens with zero attached hydrogens (tertiary/aromatic N) is 3. The van der Waals surface area contributed by atoms with Crippen molar-refractivity contribution in [3.63, 3.8) is 0 Å². The lowest BCUT2D eigenvalue weighted by atomic mass is 10.3. The Kier molecular flexibility index (Phi) is 7.35. The summed E-state index contributed by atoms with van der Waals surface area (Å²) in [6, 6.07) is 3.34. The van der Waals surface area contributed by atoms with Crippen molar-refractivity contribution in [2.75, 3.05) is 19.6 Å². The maximum absolute atomic E-state index is 4.24. The standard InChI is InChI=1S/C11H23N3/c1-6-14(7-2)8-11(5)13-9-12-10(3)4/h10-11H,6-8H2,1-5H3. The van der Waals surface area contributed by atoms with Crippen LogP contribution in [0, 0.1) is 0 Å². The molecule has 0 fully saturated rings. The van der Waals surface area contributed by atoms with E-state index in [1.807, 2.05) is 13.8 Å². The van der Waals surface area contributed by atoms with Gasteiger partial charge in [-0.15, -0.1) is 0 Å². The number of likely N-dealkylation sites (N-methyl/N-ethyl adjacent to an activating group) is 1. The molecule has 0 amide bonds. The smallest absolute Gasteiger partial charge is 0.0898 e. The van der Waals surface area contributed by atoms with Gasteiger partial charge < -0.3 is 4.90 Å². The number of rotatable bonds is 6. The van der Waals surface area contributed by atoms with Crippen molar-refractivity contribution < 1.29 is 0 Å². The molecule has 82 valence electrons. The molecular weight excluding hydrogens is 174 g/mol. The maximum atomic E-state index is 4.24. The molecule has 0 aliphatic heterocycles. The van der Waals surface area contributed by atoms with E-state index in [0.717, 1.165) is 19.6 Å². The quantitative estimate of drug-likeness (QED) is 0.600. The molecule has 14 heavy (non-hydrogen) atoms. The van der Waals surface area contributed by atoms with Gasteiger partial charge in [0.05, 0.1) is 18.1 Å². The summed E-state index contributed by atoms with van der Waals surface area (Å²) in [5.74, 6) is 0. The van der Waals surface area contributed by atoms with E-state index in [1.54, 1.807) is 0 Å². The van der Waals surface area contributed by atoms with Crippen LogP contribution in [0.5, 0.6) is 0 Å². The minimum absolute atomic E-state index is 0.289. The molecule has 0 rings (SSSR count). The van der Waals surface area contributed by atoms with Gasteiger partial charge in [0.1, 0.15) is 0 Å². The van der Waals surface area contributed by atoms with Crippen molar-refractivity contribution in [3.8, 4) is 0 Å². The molecule has 0 radical (unpaired) electrons. The van der Waals surface area contributed by atoms with Crippen LogP contribution in [-0.2, 0) is 0 Å². The highest BCUT2D eigenvalue weighted by molar-refractivity contribution is 5.41. The zero-order valence-corrected chi connectivity index (χ0v) is 10.1. The van der Waals surface area contributed by atoms with Gasteiger partial charge in [0, 0.05) is 6.54 Å². The van der Waals surface area contributed by atoms with Crippen molar-refractivity contribution in [1.82, 2.24) is 4.90 Å². The highest BCUT2D eigenvalue weighted by atomic mass is 15.1. The molecule has 0 bridgehead atoms. The van der Waals surface area contributed by atoms with Crippen LogP contribution in [0.2, 0.25) is 0 Å². The Bertz CT molecular complexity index is 189. The molecule has 0 aromatic rings. The van der Waals surface area contributed by atoms with E-state index in [0.29, 0.717) is 6.04 Å². The molecule has 3 nitrogen and oxygen atoms in total. The van der Waals surface area contributed by atoms with Crippen LogP contribution in [0.15, 0.2) is 9.98 Å². The number of hydrogen-bond donors (Lipinski definition) is 0. The van der Waals surface area contributed by atoms with Gasteiger partial charge in [0.2, 0.25) is 0 Å². The fraction of sp³-hybridized carbons (Fsp3) is 0.909. The van der Waals surface area contributed by atoms with E-state index < -0.39 is 0 Å². The van der Waals surface area contributed by atoms with Crippen LogP contribution in [-0.4, -0.2) is 42.6 Å². The predicted octanol–water partition coefficient (Wildman–Crippen LogP) is 2.30. The lowest BCUT2D eigenvalue weighted by molar-refractivity contribution is 0.290. The summed E-state index contributed by atoms with van der Waals surface area (Å²) in [4.78, 5) is 10.7.